The molecule has 0 fully saturated rings. The fourth-order valence-corrected chi connectivity index (χ4v) is 2.99. The van der Waals surface area contributed by atoms with Crippen molar-refractivity contribution in [1.29, 1.82) is 10.5 Å². The molecule has 116 valence electrons. The van der Waals surface area contributed by atoms with Crippen molar-refractivity contribution in [2.75, 3.05) is 12.4 Å². The third-order valence-electron chi connectivity index (χ3n) is 3.12. The molecule has 7 heteroatoms. The van der Waals surface area contributed by atoms with Gasteiger partial charge in [0.05, 0.1) is 7.11 Å². The Morgan fingerprint density at radius 2 is 2.00 bits per heavy atom. The minimum absolute atomic E-state index is 0.0574. The first-order valence-corrected chi connectivity index (χ1v) is 7.61. The van der Waals surface area contributed by atoms with E-state index in [1.54, 1.807) is 32.4 Å². The maximum atomic E-state index is 12.3. The monoisotopic (exact) mass is 326 g/mol. The number of methoxy groups -OCH3 is 1. The summed E-state index contributed by atoms with van der Waals surface area (Å²) in [5.41, 5.74) is 0.516. The number of hydrogen-bond donors (Lipinski definition) is 1. The van der Waals surface area contributed by atoms with Crippen LogP contribution >= 0.6 is 11.3 Å². The van der Waals surface area contributed by atoms with Gasteiger partial charge in [0.2, 0.25) is 0 Å². The van der Waals surface area contributed by atoms with E-state index in [-0.39, 0.29) is 11.1 Å². The molecular formula is C16H14N4O2S. The highest BCUT2D eigenvalue weighted by Crippen LogP contribution is 2.14. The second-order valence-electron chi connectivity index (χ2n) is 4.44. The minimum Gasteiger partial charge on any atom is -0.497 e. The number of ether oxygens (including phenoxy) is 1. The van der Waals surface area contributed by atoms with Crippen LogP contribution in [0.5, 0.6) is 5.75 Å². The lowest BCUT2D eigenvalue weighted by Gasteiger charge is -2.01. The number of aromatic nitrogens is 1. The van der Waals surface area contributed by atoms with Crippen LogP contribution in [0.25, 0.3) is 11.8 Å². The molecule has 1 aromatic heterocycles. The van der Waals surface area contributed by atoms with E-state index in [9.17, 15) is 4.79 Å². The van der Waals surface area contributed by atoms with E-state index in [0.717, 1.165) is 22.8 Å². The molecule has 1 aromatic carbocycles. The van der Waals surface area contributed by atoms with Crippen LogP contribution in [0.1, 0.15) is 6.92 Å². The molecule has 0 aliphatic rings. The number of hydrogen-bond acceptors (Lipinski definition) is 6. The van der Waals surface area contributed by atoms with Gasteiger partial charge in [-0.3, -0.25) is 9.36 Å². The van der Waals surface area contributed by atoms with Crippen LogP contribution in [-0.4, -0.2) is 11.7 Å². The summed E-state index contributed by atoms with van der Waals surface area (Å²) in [6.07, 6.45) is 1.58. The van der Waals surface area contributed by atoms with Gasteiger partial charge >= 0.3 is 0 Å². The molecule has 1 heterocycles. The molecule has 0 aliphatic carbocycles. The van der Waals surface area contributed by atoms with Crippen molar-refractivity contribution in [1.82, 2.24) is 4.57 Å². The second-order valence-corrected chi connectivity index (χ2v) is 5.47. The molecule has 0 spiro atoms. The van der Waals surface area contributed by atoms with Crippen LogP contribution in [0, 0.1) is 22.7 Å². The van der Waals surface area contributed by atoms with E-state index in [0.29, 0.717) is 15.7 Å². The third-order valence-corrected chi connectivity index (χ3v) is 4.25. The van der Waals surface area contributed by atoms with Crippen LogP contribution < -0.4 is 24.8 Å². The van der Waals surface area contributed by atoms with Gasteiger partial charge in [-0.2, -0.15) is 10.5 Å². The molecular weight excluding hydrogens is 312 g/mol. The summed E-state index contributed by atoms with van der Waals surface area (Å²) in [7, 11) is 1.59. The quantitative estimate of drug-likeness (QED) is 0.904. The molecule has 0 saturated heterocycles. The summed E-state index contributed by atoms with van der Waals surface area (Å²) in [6.45, 7) is 2.19. The minimum atomic E-state index is -0.225. The highest BCUT2D eigenvalue weighted by atomic mass is 32.1. The zero-order valence-electron chi connectivity index (χ0n) is 12.7. The third kappa shape index (κ3) is 3.42. The molecule has 6 nitrogen and oxygen atoms in total. The van der Waals surface area contributed by atoms with Gasteiger partial charge in [-0.1, -0.05) is 0 Å². The fraction of sp³-hybridized carbons (Fsp3) is 0.188. The number of anilines is 1. The molecule has 0 atom stereocenters. The summed E-state index contributed by atoms with van der Waals surface area (Å²) in [4.78, 5) is 12.3. The van der Waals surface area contributed by atoms with Crippen molar-refractivity contribution in [3.8, 4) is 17.9 Å². The average Bonchev–Trinajstić information content (AvgIpc) is 2.90. The predicted octanol–water partition coefficient (Wildman–Crippen LogP) is 0.986. The summed E-state index contributed by atoms with van der Waals surface area (Å²) >= 11 is 1.12. The zero-order valence-corrected chi connectivity index (χ0v) is 13.5. The van der Waals surface area contributed by atoms with Gasteiger partial charge in [-0.15, -0.1) is 11.3 Å². The molecule has 0 radical (unpaired) electrons. The van der Waals surface area contributed by atoms with Gasteiger partial charge in [0.1, 0.15) is 27.1 Å². The largest absolute Gasteiger partial charge is 0.497 e. The Morgan fingerprint density at radius 1 is 1.35 bits per heavy atom. The van der Waals surface area contributed by atoms with Crippen LogP contribution in [-0.2, 0) is 6.54 Å². The molecule has 0 aliphatic heterocycles. The van der Waals surface area contributed by atoms with Crippen molar-refractivity contribution < 1.29 is 4.74 Å². The fourth-order valence-electron chi connectivity index (χ4n) is 1.95. The summed E-state index contributed by atoms with van der Waals surface area (Å²) in [5, 5.41) is 21.0. The van der Waals surface area contributed by atoms with Crippen LogP contribution in [0.15, 0.2) is 29.1 Å². The Kier molecular flexibility index (Phi) is 5.19. The number of nitrogens with one attached hydrogen (secondary N) is 1. The van der Waals surface area contributed by atoms with E-state index in [4.69, 9.17) is 15.3 Å². The van der Waals surface area contributed by atoms with E-state index in [2.05, 4.69) is 5.32 Å². The maximum absolute atomic E-state index is 12.3. The molecule has 23 heavy (non-hydrogen) atoms. The molecule has 0 unspecified atom stereocenters. The zero-order chi connectivity index (χ0) is 16.8. The highest BCUT2D eigenvalue weighted by Gasteiger charge is 2.07. The van der Waals surface area contributed by atoms with E-state index >= 15 is 0 Å². The molecule has 0 saturated carbocycles. The molecule has 0 bridgehead atoms. The lowest BCUT2D eigenvalue weighted by Crippen LogP contribution is -2.31. The summed E-state index contributed by atoms with van der Waals surface area (Å²) < 4.78 is 7.32. The van der Waals surface area contributed by atoms with Crippen molar-refractivity contribution in [3.63, 3.8) is 0 Å². The molecule has 2 rings (SSSR count). The second kappa shape index (κ2) is 7.30. The smallest absolute Gasteiger partial charge is 0.270 e. The first kappa shape index (κ1) is 16.3. The lowest BCUT2D eigenvalue weighted by molar-refractivity contribution is 0.415. The van der Waals surface area contributed by atoms with Crippen LogP contribution in [0.3, 0.4) is 0 Å². The number of nitriles is 2. The SMILES string of the molecule is CCn1c(=C(C#N)C#N)s/c(=C/Nc2ccc(OC)cc2)c1=O. The Labute approximate surface area is 136 Å². The molecule has 0 amide bonds. The van der Waals surface area contributed by atoms with E-state index in [1.165, 1.54) is 4.57 Å². The number of benzene rings is 1. The van der Waals surface area contributed by atoms with Gasteiger partial charge in [-0.05, 0) is 31.2 Å². The van der Waals surface area contributed by atoms with Crippen molar-refractivity contribution in [3.05, 3.63) is 43.8 Å². The van der Waals surface area contributed by atoms with Gasteiger partial charge < -0.3 is 10.1 Å². The Balaban J connectivity index is 2.48. The first-order chi connectivity index (χ1) is 11.1. The molecule has 2 aromatic rings. The van der Waals surface area contributed by atoms with Crippen LogP contribution in [0.2, 0.25) is 0 Å². The van der Waals surface area contributed by atoms with E-state index in [1.807, 2.05) is 24.3 Å². The Hall–Kier alpha value is -3.03. The highest BCUT2D eigenvalue weighted by molar-refractivity contribution is 7.07. The number of thiazole rings is 1. The summed E-state index contributed by atoms with van der Waals surface area (Å²) in [6, 6.07) is 10.9. The van der Waals surface area contributed by atoms with Crippen molar-refractivity contribution in [2.45, 2.75) is 13.5 Å². The van der Waals surface area contributed by atoms with Crippen LogP contribution in [0.4, 0.5) is 5.69 Å². The Bertz CT molecular complexity index is 940. The van der Waals surface area contributed by atoms with Gasteiger partial charge in [-0.25, -0.2) is 0 Å². The van der Waals surface area contributed by atoms with Crippen molar-refractivity contribution >= 4 is 28.8 Å². The summed E-state index contributed by atoms with van der Waals surface area (Å²) in [5.74, 6) is 0.740. The molecule has 1 N–H and O–H groups in total. The maximum Gasteiger partial charge on any atom is 0.270 e. The van der Waals surface area contributed by atoms with E-state index < -0.39 is 0 Å². The number of nitrogens with zero attached hydrogens (tertiary/aromatic N) is 3. The lowest BCUT2D eigenvalue weighted by atomic mass is 10.3. The van der Waals surface area contributed by atoms with Gasteiger partial charge in [0, 0.05) is 18.4 Å². The van der Waals surface area contributed by atoms with Gasteiger partial charge in [0.25, 0.3) is 5.56 Å². The van der Waals surface area contributed by atoms with Gasteiger partial charge in [0.15, 0.2) is 5.57 Å². The normalized spacial score (nSPS) is 10.7. The Morgan fingerprint density at radius 3 is 2.52 bits per heavy atom. The number of rotatable bonds is 4. The topological polar surface area (TPSA) is 90.8 Å². The van der Waals surface area contributed by atoms with Crippen molar-refractivity contribution in [2.24, 2.45) is 0 Å². The first-order valence-electron chi connectivity index (χ1n) is 6.79. The average molecular weight is 326 g/mol. The predicted molar refractivity (Wildman–Crippen MR) is 89.2 cm³/mol. The standard InChI is InChI=1S/C16H14N4O2S/c1-3-20-15(21)14(23-16(20)11(8-17)9-18)10-19-12-4-6-13(22-2)7-5-12/h4-7,10,19H,3H2,1-2H3/b14-10+.